The van der Waals surface area contributed by atoms with Gasteiger partial charge in [-0.15, -0.1) is 11.3 Å². The van der Waals surface area contributed by atoms with Crippen LogP contribution in [0, 0.1) is 0 Å². The molecule has 0 aromatic carbocycles. The lowest BCUT2D eigenvalue weighted by molar-refractivity contribution is 0.0363. The van der Waals surface area contributed by atoms with E-state index >= 15 is 0 Å². The first kappa shape index (κ1) is 17.8. The highest BCUT2D eigenvalue weighted by molar-refractivity contribution is 7.94. The monoisotopic (exact) mass is 394 g/mol. The molecule has 0 spiro atoms. The summed E-state index contributed by atoms with van der Waals surface area (Å²) in [5.74, 6) is 0. The van der Waals surface area contributed by atoms with E-state index in [-0.39, 0.29) is 15.0 Å². The molecule has 0 aliphatic carbocycles. The average Bonchev–Trinajstić information content (AvgIpc) is 2.98. The molecule has 24 heavy (non-hydrogen) atoms. The number of morpholine rings is 1. The summed E-state index contributed by atoms with van der Waals surface area (Å²) in [4.78, 5) is 2.10. The van der Waals surface area contributed by atoms with Crippen LogP contribution in [-0.2, 0) is 24.8 Å². The third-order valence-corrected chi connectivity index (χ3v) is 8.57. The van der Waals surface area contributed by atoms with Gasteiger partial charge in [0.2, 0.25) is 10.0 Å². The molecule has 1 aromatic rings. The van der Waals surface area contributed by atoms with Crippen molar-refractivity contribution in [1.82, 2.24) is 9.31 Å². The van der Waals surface area contributed by atoms with Crippen LogP contribution in [0.15, 0.2) is 19.6 Å². The molecule has 3 rings (SSSR count). The predicted molar refractivity (Wildman–Crippen MR) is 89.1 cm³/mol. The second-order valence-electron chi connectivity index (χ2n) is 5.50. The first-order valence-corrected chi connectivity index (χ1v) is 11.0. The molecule has 0 bridgehead atoms. The molecule has 0 radical (unpaired) electrons. The molecule has 0 amide bonds. The summed E-state index contributed by atoms with van der Waals surface area (Å²) in [6, 6.07) is 1.27. The molecule has 2 aliphatic rings. The molecule has 0 saturated carbocycles. The Morgan fingerprint density at radius 1 is 1.33 bits per heavy atom. The van der Waals surface area contributed by atoms with E-state index in [1.807, 2.05) is 0 Å². The van der Waals surface area contributed by atoms with Crippen molar-refractivity contribution >= 4 is 37.1 Å². The highest BCUT2D eigenvalue weighted by atomic mass is 32.3. The summed E-state index contributed by atoms with van der Waals surface area (Å²) in [7, 11) is -7.83. The molecule has 0 atom stereocenters. The number of hydrogen-bond acceptors (Lipinski definition) is 8. The molecule has 9 nitrogen and oxygen atoms in total. The Bertz CT molecular complexity index is 869. The van der Waals surface area contributed by atoms with Gasteiger partial charge in [0.25, 0.3) is 10.0 Å². The number of hydrazone groups is 1. The number of sulfonamides is 2. The molecule has 1 aromatic heterocycles. The molecule has 3 heterocycles. The number of primary sulfonamides is 1. The zero-order chi connectivity index (χ0) is 17.5. The smallest absolute Gasteiger partial charge is 0.289 e. The van der Waals surface area contributed by atoms with Crippen molar-refractivity contribution in [3.63, 3.8) is 0 Å². The third-order valence-electron chi connectivity index (χ3n) is 3.83. The van der Waals surface area contributed by atoms with E-state index in [4.69, 9.17) is 9.88 Å². The minimum atomic E-state index is -3.96. The normalized spacial score (nSPS) is 21.4. The molecule has 2 aliphatic heterocycles. The van der Waals surface area contributed by atoms with Crippen molar-refractivity contribution in [1.29, 1.82) is 0 Å². The second kappa shape index (κ2) is 6.35. The number of rotatable bonds is 4. The zero-order valence-corrected chi connectivity index (χ0v) is 15.5. The van der Waals surface area contributed by atoms with Gasteiger partial charge in [-0.25, -0.2) is 13.6 Å². The largest absolute Gasteiger partial charge is 0.379 e. The maximum absolute atomic E-state index is 12.7. The number of ether oxygens (including phenoxy) is 1. The number of nitrogens with zero attached hydrogens (tertiary/aromatic N) is 3. The number of fused-ring (bicyclic) bond motifs is 1. The van der Waals surface area contributed by atoms with Gasteiger partial charge >= 0.3 is 0 Å². The van der Waals surface area contributed by atoms with Gasteiger partial charge in [-0.3, -0.25) is 4.90 Å². The van der Waals surface area contributed by atoms with Crippen molar-refractivity contribution in [3.8, 4) is 0 Å². The van der Waals surface area contributed by atoms with Crippen molar-refractivity contribution in [2.45, 2.75) is 15.3 Å². The minimum absolute atomic E-state index is 0.0268. The predicted octanol–water partition coefficient (Wildman–Crippen LogP) is -0.544. The van der Waals surface area contributed by atoms with Crippen molar-refractivity contribution < 1.29 is 21.6 Å². The fraction of sp³-hybridized carbons (Fsp3) is 0.583. The van der Waals surface area contributed by atoms with E-state index in [1.165, 1.54) is 6.07 Å². The van der Waals surface area contributed by atoms with Crippen LogP contribution in [0.5, 0.6) is 0 Å². The lowest BCUT2D eigenvalue weighted by Gasteiger charge is -2.29. The summed E-state index contributed by atoms with van der Waals surface area (Å²) >= 11 is 0.661. The molecular formula is C12H18N4O5S3. The number of nitrogens with two attached hydrogens (primary N) is 1. The van der Waals surface area contributed by atoms with E-state index in [1.54, 1.807) is 6.92 Å². The molecule has 2 N–H and O–H groups in total. The van der Waals surface area contributed by atoms with Crippen molar-refractivity contribution in [2.75, 3.05) is 39.4 Å². The Kier molecular flexibility index (Phi) is 4.70. The Labute approximate surface area is 144 Å². The highest BCUT2D eigenvalue weighted by Crippen LogP contribution is 2.35. The van der Waals surface area contributed by atoms with Crippen LogP contribution in [0.4, 0.5) is 0 Å². The van der Waals surface area contributed by atoms with E-state index < -0.39 is 20.0 Å². The maximum Gasteiger partial charge on any atom is 0.289 e. The molecule has 1 fully saturated rings. The summed E-state index contributed by atoms with van der Waals surface area (Å²) in [5.41, 5.74) is 0.750. The molecular weight excluding hydrogens is 376 g/mol. The van der Waals surface area contributed by atoms with Crippen LogP contribution in [0.3, 0.4) is 0 Å². The Morgan fingerprint density at radius 3 is 2.62 bits per heavy atom. The van der Waals surface area contributed by atoms with Crippen molar-refractivity contribution in [2.24, 2.45) is 10.2 Å². The first-order chi connectivity index (χ1) is 11.2. The average molecular weight is 395 g/mol. The van der Waals surface area contributed by atoms with Crippen LogP contribution in [0.1, 0.15) is 12.5 Å². The lowest BCUT2D eigenvalue weighted by Crippen LogP contribution is -2.42. The fourth-order valence-electron chi connectivity index (χ4n) is 2.53. The van der Waals surface area contributed by atoms with E-state index in [0.29, 0.717) is 42.4 Å². The summed E-state index contributed by atoms with van der Waals surface area (Å²) in [5, 5.41) is 9.24. The van der Waals surface area contributed by atoms with Gasteiger partial charge in [0.05, 0.1) is 25.5 Å². The van der Waals surface area contributed by atoms with Gasteiger partial charge in [-0.2, -0.15) is 17.9 Å². The first-order valence-electron chi connectivity index (χ1n) is 7.24. The quantitative estimate of drug-likeness (QED) is 0.731. The molecule has 134 valence electrons. The zero-order valence-electron chi connectivity index (χ0n) is 13.0. The fourth-order valence-corrected chi connectivity index (χ4v) is 6.54. The maximum atomic E-state index is 12.7. The lowest BCUT2D eigenvalue weighted by atomic mass is 10.2. The van der Waals surface area contributed by atoms with Crippen LogP contribution in [-0.4, -0.2) is 71.3 Å². The third kappa shape index (κ3) is 3.34. The summed E-state index contributed by atoms with van der Waals surface area (Å²) in [6.07, 6.45) is 0. The summed E-state index contributed by atoms with van der Waals surface area (Å²) in [6.45, 7) is 5.12. The highest BCUT2D eigenvalue weighted by Gasteiger charge is 2.35. The molecule has 0 unspecified atom stereocenters. The van der Waals surface area contributed by atoms with Crippen molar-refractivity contribution in [3.05, 3.63) is 11.6 Å². The number of hydrogen-bond donors (Lipinski definition) is 1. The van der Waals surface area contributed by atoms with E-state index in [2.05, 4.69) is 10.0 Å². The van der Waals surface area contributed by atoms with Gasteiger partial charge in [-0.1, -0.05) is 0 Å². The molecule has 12 heteroatoms. The Hall–Kier alpha value is -1.05. The van der Waals surface area contributed by atoms with Gasteiger partial charge in [0, 0.05) is 25.2 Å². The Balaban J connectivity index is 1.86. The summed E-state index contributed by atoms with van der Waals surface area (Å²) < 4.78 is 54.5. The van der Waals surface area contributed by atoms with Crippen LogP contribution >= 0.6 is 11.3 Å². The van der Waals surface area contributed by atoms with Gasteiger partial charge in [0.15, 0.2) is 4.21 Å². The van der Waals surface area contributed by atoms with Crippen LogP contribution in [0.25, 0.3) is 0 Å². The van der Waals surface area contributed by atoms with Gasteiger partial charge < -0.3 is 4.74 Å². The topological polar surface area (TPSA) is 122 Å². The van der Waals surface area contributed by atoms with Gasteiger partial charge in [0.1, 0.15) is 4.21 Å². The number of thiophene rings is 1. The van der Waals surface area contributed by atoms with Crippen LogP contribution in [0.2, 0.25) is 0 Å². The van der Waals surface area contributed by atoms with E-state index in [9.17, 15) is 16.8 Å². The van der Waals surface area contributed by atoms with Crippen LogP contribution < -0.4 is 5.14 Å². The SMILES string of the molecule is CC1=NN(CCN2CCOCC2)S(=O)(=O)c2sc(S(N)(=O)=O)cc21. The molecule has 1 saturated heterocycles. The minimum Gasteiger partial charge on any atom is -0.379 e. The standard InChI is InChI=1S/C12H18N4O5S3/c1-9-10-8-11(23(13,17)18)22-12(10)24(19,20)16(14-9)3-2-15-4-6-21-7-5-15/h8H,2-7H2,1H3,(H2,13,17,18). The Morgan fingerprint density at radius 2 is 2.00 bits per heavy atom. The second-order valence-corrected chi connectivity index (χ2v) is 10.4. The van der Waals surface area contributed by atoms with E-state index in [0.717, 1.165) is 17.5 Å². The van der Waals surface area contributed by atoms with Gasteiger partial charge in [-0.05, 0) is 13.0 Å².